The molecule has 8 atom stereocenters. The molecular formula is C22H34O3. The van der Waals surface area contributed by atoms with Gasteiger partial charge in [-0.15, -0.1) is 0 Å². The second-order valence-electron chi connectivity index (χ2n) is 9.73. The maximum Gasteiger partial charge on any atom is 0.330 e. The zero-order valence-corrected chi connectivity index (χ0v) is 16.3. The molecule has 140 valence electrons. The van der Waals surface area contributed by atoms with Crippen molar-refractivity contribution in [3.63, 3.8) is 0 Å². The maximum atomic E-state index is 11.8. The Morgan fingerprint density at radius 2 is 2.04 bits per heavy atom. The standard InChI is InChI=1S/C22H34O3/c1-14-13-18-22(3,11-8-19(23)25-18)17-7-10-21(2)15(9-12-24-4)5-6-16(21)20(14)17/h8,11,14-18,20H,5-7,9-10,12-13H2,1-4H3/t14?,15?,16-,17+,18?,20-,21+,22+/m0/s1. The van der Waals surface area contributed by atoms with Crippen LogP contribution in [0.4, 0.5) is 0 Å². The van der Waals surface area contributed by atoms with Crippen LogP contribution in [0.2, 0.25) is 0 Å². The van der Waals surface area contributed by atoms with Gasteiger partial charge in [0.25, 0.3) is 0 Å². The molecule has 3 aliphatic carbocycles. The summed E-state index contributed by atoms with van der Waals surface area (Å²) in [6.07, 6.45) is 11.6. The lowest BCUT2D eigenvalue weighted by molar-refractivity contribution is -0.175. The van der Waals surface area contributed by atoms with Gasteiger partial charge in [-0.3, -0.25) is 0 Å². The smallest absolute Gasteiger partial charge is 0.330 e. The van der Waals surface area contributed by atoms with Crippen LogP contribution in [-0.4, -0.2) is 25.8 Å². The largest absolute Gasteiger partial charge is 0.458 e. The molecule has 25 heavy (non-hydrogen) atoms. The van der Waals surface area contributed by atoms with Gasteiger partial charge in [-0.1, -0.05) is 26.8 Å². The van der Waals surface area contributed by atoms with Crippen molar-refractivity contribution >= 4 is 5.97 Å². The summed E-state index contributed by atoms with van der Waals surface area (Å²) in [6, 6.07) is 0. The quantitative estimate of drug-likeness (QED) is 0.700. The molecule has 4 aliphatic rings. The third-order valence-corrected chi connectivity index (χ3v) is 8.77. The summed E-state index contributed by atoms with van der Waals surface area (Å²) >= 11 is 0. The molecule has 0 aromatic heterocycles. The normalized spacial score (nSPS) is 51.4. The fraction of sp³-hybridized carbons (Fsp3) is 0.864. The first-order valence-corrected chi connectivity index (χ1v) is 10.3. The number of rotatable bonds is 3. The Kier molecular flexibility index (Phi) is 4.30. The summed E-state index contributed by atoms with van der Waals surface area (Å²) in [5.74, 6) is 3.57. The van der Waals surface area contributed by atoms with E-state index in [2.05, 4.69) is 26.8 Å². The Labute approximate surface area is 152 Å². The maximum absolute atomic E-state index is 11.8. The molecule has 0 saturated heterocycles. The molecule has 3 unspecified atom stereocenters. The van der Waals surface area contributed by atoms with E-state index in [0.29, 0.717) is 17.3 Å². The van der Waals surface area contributed by atoms with E-state index in [9.17, 15) is 4.79 Å². The molecular weight excluding hydrogens is 312 g/mol. The highest BCUT2D eigenvalue weighted by Gasteiger charge is 2.61. The van der Waals surface area contributed by atoms with Crippen molar-refractivity contribution in [3.05, 3.63) is 12.2 Å². The van der Waals surface area contributed by atoms with Crippen LogP contribution < -0.4 is 0 Å². The van der Waals surface area contributed by atoms with Crippen LogP contribution >= 0.6 is 0 Å². The summed E-state index contributed by atoms with van der Waals surface area (Å²) in [5.41, 5.74) is 0.517. The van der Waals surface area contributed by atoms with Crippen molar-refractivity contribution < 1.29 is 14.3 Å². The van der Waals surface area contributed by atoms with E-state index in [0.717, 1.165) is 30.8 Å². The van der Waals surface area contributed by atoms with Crippen LogP contribution in [0.15, 0.2) is 12.2 Å². The van der Waals surface area contributed by atoms with Crippen LogP contribution in [0.1, 0.15) is 59.3 Å². The molecule has 0 spiro atoms. The molecule has 3 saturated carbocycles. The Morgan fingerprint density at radius 1 is 1.24 bits per heavy atom. The first-order valence-electron chi connectivity index (χ1n) is 10.3. The first kappa shape index (κ1) is 17.6. The van der Waals surface area contributed by atoms with E-state index in [-0.39, 0.29) is 17.5 Å². The lowest BCUT2D eigenvalue weighted by atomic mass is 9.46. The molecule has 3 heteroatoms. The van der Waals surface area contributed by atoms with Crippen LogP contribution in [0.25, 0.3) is 0 Å². The van der Waals surface area contributed by atoms with E-state index in [4.69, 9.17) is 9.47 Å². The van der Waals surface area contributed by atoms with Gasteiger partial charge in [0.15, 0.2) is 0 Å². The lowest BCUT2D eigenvalue weighted by Crippen LogP contribution is -2.57. The predicted octanol–water partition coefficient (Wildman–Crippen LogP) is 4.61. The number of hydrogen-bond acceptors (Lipinski definition) is 3. The molecule has 4 rings (SSSR count). The van der Waals surface area contributed by atoms with Gasteiger partial charge >= 0.3 is 5.97 Å². The van der Waals surface area contributed by atoms with Gasteiger partial charge in [0.2, 0.25) is 0 Å². The molecule has 0 aromatic carbocycles. The summed E-state index contributed by atoms with van der Waals surface area (Å²) in [7, 11) is 1.83. The third-order valence-electron chi connectivity index (χ3n) is 8.77. The minimum Gasteiger partial charge on any atom is -0.458 e. The zero-order chi connectivity index (χ0) is 17.8. The van der Waals surface area contributed by atoms with Crippen LogP contribution in [0, 0.1) is 40.4 Å². The number of ether oxygens (including phenoxy) is 2. The summed E-state index contributed by atoms with van der Waals surface area (Å²) in [4.78, 5) is 11.8. The molecule has 0 radical (unpaired) electrons. The summed E-state index contributed by atoms with van der Waals surface area (Å²) < 4.78 is 11.2. The van der Waals surface area contributed by atoms with E-state index >= 15 is 0 Å². The van der Waals surface area contributed by atoms with E-state index in [1.807, 2.05) is 7.11 Å². The number of esters is 1. The van der Waals surface area contributed by atoms with Gasteiger partial charge in [-0.25, -0.2) is 4.79 Å². The van der Waals surface area contributed by atoms with E-state index in [1.165, 1.54) is 32.1 Å². The lowest BCUT2D eigenvalue weighted by Gasteiger charge is -2.60. The van der Waals surface area contributed by atoms with Gasteiger partial charge in [0, 0.05) is 25.2 Å². The Hall–Kier alpha value is -0.830. The Morgan fingerprint density at radius 3 is 2.80 bits per heavy atom. The number of carbonyl (C=O) groups excluding carboxylic acids is 1. The van der Waals surface area contributed by atoms with Crippen molar-refractivity contribution in [3.8, 4) is 0 Å². The zero-order valence-electron chi connectivity index (χ0n) is 16.3. The SMILES string of the molecule is COCCC1CC[C@H]2[C@@H]3C(C)CC4OC(=O)C=C[C@]4(C)[C@@H]3CC[C@]12C. The predicted molar refractivity (Wildman–Crippen MR) is 97.9 cm³/mol. The number of fused-ring (bicyclic) bond motifs is 5. The van der Waals surface area contributed by atoms with Gasteiger partial charge in [-0.2, -0.15) is 0 Å². The average Bonchev–Trinajstić information content (AvgIpc) is 2.91. The molecule has 3 fully saturated rings. The van der Waals surface area contributed by atoms with Gasteiger partial charge in [-0.05, 0) is 73.5 Å². The minimum atomic E-state index is -0.144. The minimum absolute atomic E-state index is 0.0387. The molecule has 0 N–H and O–H groups in total. The Bertz CT molecular complexity index is 570. The number of hydrogen-bond donors (Lipinski definition) is 0. The molecule has 0 bridgehead atoms. The van der Waals surface area contributed by atoms with Crippen molar-refractivity contribution in [1.82, 2.24) is 0 Å². The molecule has 1 aliphatic heterocycles. The second-order valence-corrected chi connectivity index (χ2v) is 9.73. The van der Waals surface area contributed by atoms with Crippen molar-refractivity contribution in [2.24, 2.45) is 40.4 Å². The van der Waals surface area contributed by atoms with E-state index in [1.54, 1.807) is 6.08 Å². The highest BCUT2D eigenvalue weighted by molar-refractivity contribution is 5.83. The number of carbonyl (C=O) groups is 1. The summed E-state index contributed by atoms with van der Waals surface area (Å²) in [6.45, 7) is 8.23. The van der Waals surface area contributed by atoms with Gasteiger partial charge in [0.1, 0.15) is 6.10 Å². The number of methoxy groups -OCH3 is 1. The van der Waals surface area contributed by atoms with E-state index < -0.39 is 0 Å². The van der Waals surface area contributed by atoms with Crippen LogP contribution in [0.5, 0.6) is 0 Å². The average molecular weight is 347 g/mol. The third kappa shape index (κ3) is 2.52. The monoisotopic (exact) mass is 346 g/mol. The van der Waals surface area contributed by atoms with Gasteiger partial charge < -0.3 is 9.47 Å². The van der Waals surface area contributed by atoms with Crippen molar-refractivity contribution in [2.45, 2.75) is 65.4 Å². The topological polar surface area (TPSA) is 35.5 Å². The van der Waals surface area contributed by atoms with Gasteiger partial charge in [0.05, 0.1) is 0 Å². The molecule has 3 nitrogen and oxygen atoms in total. The molecule has 0 aromatic rings. The first-order chi connectivity index (χ1) is 11.9. The van der Waals surface area contributed by atoms with Crippen molar-refractivity contribution in [2.75, 3.05) is 13.7 Å². The highest BCUT2D eigenvalue weighted by atomic mass is 16.5. The van der Waals surface area contributed by atoms with Crippen LogP contribution in [-0.2, 0) is 14.3 Å². The fourth-order valence-electron chi connectivity index (χ4n) is 7.38. The molecule has 0 amide bonds. The second kappa shape index (κ2) is 6.11. The molecule has 1 heterocycles. The van der Waals surface area contributed by atoms with Crippen LogP contribution in [0.3, 0.4) is 0 Å². The summed E-state index contributed by atoms with van der Waals surface area (Å²) in [5, 5.41) is 0. The van der Waals surface area contributed by atoms with Crippen molar-refractivity contribution in [1.29, 1.82) is 0 Å². The highest BCUT2D eigenvalue weighted by Crippen LogP contribution is 2.66. The fourth-order valence-corrected chi connectivity index (χ4v) is 7.38. The Balaban J connectivity index is 1.63.